The van der Waals surface area contributed by atoms with Gasteiger partial charge in [0.25, 0.3) is 0 Å². The highest BCUT2D eigenvalue weighted by molar-refractivity contribution is 7.99. The van der Waals surface area contributed by atoms with Crippen molar-refractivity contribution < 1.29 is 9.53 Å². The van der Waals surface area contributed by atoms with Crippen LogP contribution in [0.3, 0.4) is 0 Å². The van der Waals surface area contributed by atoms with Gasteiger partial charge in [0.15, 0.2) is 6.29 Å². The van der Waals surface area contributed by atoms with Crippen LogP contribution in [0.2, 0.25) is 0 Å². The second-order valence-electron chi connectivity index (χ2n) is 3.82. The topological polar surface area (TPSA) is 26.3 Å². The van der Waals surface area contributed by atoms with Crippen molar-refractivity contribution in [3.63, 3.8) is 0 Å². The summed E-state index contributed by atoms with van der Waals surface area (Å²) in [6.07, 6.45) is 3.02. The maximum atomic E-state index is 11.0. The zero-order valence-electron chi connectivity index (χ0n) is 10.5. The van der Waals surface area contributed by atoms with Gasteiger partial charge in [0.2, 0.25) is 0 Å². The Hall–Kier alpha value is -1.22. The Morgan fingerprint density at radius 3 is 2.76 bits per heavy atom. The highest BCUT2D eigenvalue weighted by atomic mass is 32.2. The van der Waals surface area contributed by atoms with Crippen molar-refractivity contribution in [2.45, 2.75) is 25.7 Å². The van der Waals surface area contributed by atoms with Crippen molar-refractivity contribution in [2.24, 2.45) is 0 Å². The van der Waals surface area contributed by atoms with Gasteiger partial charge < -0.3 is 4.74 Å². The molecule has 1 aromatic carbocycles. The lowest BCUT2D eigenvalue weighted by Gasteiger charge is -2.10. The third-order valence-electron chi connectivity index (χ3n) is 2.16. The van der Waals surface area contributed by atoms with E-state index < -0.39 is 0 Å². The predicted molar refractivity (Wildman–Crippen MR) is 73.2 cm³/mol. The Morgan fingerprint density at radius 1 is 1.41 bits per heavy atom. The van der Waals surface area contributed by atoms with Gasteiger partial charge in [-0.05, 0) is 26.8 Å². The molecule has 0 radical (unpaired) electrons. The fourth-order valence-electron chi connectivity index (χ4n) is 1.34. The second-order valence-corrected chi connectivity index (χ2v) is 4.85. The number of aldehydes is 1. The van der Waals surface area contributed by atoms with Crippen LogP contribution in [0.25, 0.3) is 0 Å². The highest BCUT2D eigenvalue weighted by Crippen LogP contribution is 2.32. The van der Waals surface area contributed by atoms with Crippen molar-refractivity contribution in [2.75, 3.05) is 12.4 Å². The van der Waals surface area contributed by atoms with Crippen LogP contribution in [0.15, 0.2) is 34.7 Å². The third-order valence-corrected chi connectivity index (χ3v) is 3.21. The van der Waals surface area contributed by atoms with E-state index >= 15 is 0 Å². The first-order valence-electron chi connectivity index (χ1n) is 5.66. The normalized spacial score (nSPS) is 9.82. The molecule has 2 nitrogen and oxygen atoms in total. The minimum Gasteiger partial charge on any atom is -0.493 e. The maximum absolute atomic E-state index is 11.0. The van der Waals surface area contributed by atoms with E-state index in [0.717, 1.165) is 22.7 Å². The smallest absolute Gasteiger partial charge is 0.151 e. The van der Waals surface area contributed by atoms with E-state index in [9.17, 15) is 4.79 Å². The van der Waals surface area contributed by atoms with Gasteiger partial charge in [0.1, 0.15) is 5.75 Å². The SMILES string of the molecule is CCOc1cccc(C=O)c1SCC=C(C)C. The maximum Gasteiger partial charge on any atom is 0.151 e. The number of thioether (sulfide) groups is 1. The Kier molecular flexibility index (Phi) is 5.84. The van der Waals surface area contributed by atoms with Crippen molar-refractivity contribution in [3.8, 4) is 5.75 Å². The molecule has 0 N–H and O–H groups in total. The van der Waals surface area contributed by atoms with Crippen LogP contribution in [0, 0.1) is 0 Å². The van der Waals surface area contributed by atoms with Crippen LogP contribution in [-0.2, 0) is 0 Å². The Bertz CT molecular complexity index is 407. The van der Waals surface area contributed by atoms with Crippen molar-refractivity contribution in [1.29, 1.82) is 0 Å². The van der Waals surface area contributed by atoms with Gasteiger partial charge in [-0.3, -0.25) is 4.79 Å². The minimum atomic E-state index is 0.610. The summed E-state index contributed by atoms with van der Waals surface area (Å²) in [7, 11) is 0. The lowest BCUT2D eigenvalue weighted by Crippen LogP contribution is -1.96. The summed E-state index contributed by atoms with van der Waals surface area (Å²) in [5, 5.41) is 0. The average Bonchev–Trinajstić information content (AvgIpc) is 2.30. The van der Waals surface area contributed by atoms with E-state index in [-0.39, 0.29) is 0 Å². The van der Waals surface area contributed by atoms with E-state index in [1.807, 2.05) is 25.1 Å². The van der Waals surface area contributed by atoms with Gasteiger partial charge in [0.05, 0.1) is 11.5 Å². The summed E-state index contributed by atoms with van der Waals surface area (Å²) in [5.74, 6) is 1.65. The molecule has 0 heterocycles. The summed E-state index contributed by atoms with van der Waals surface area (Å²) in [6.45, 7) is 6.68. The molecule has 0 bridgehead atoms. The molecule has 92 valence electrons. The first-order chi connectivity index (χ1) is 8.19. The number of hydrogen-bond donors (Lipinski definition) is 0. The number of rotatable bonds is 6. The first-order valence-corrected chi connectivity index (χ1v) is 6.64. The fraction of sp³-hybridized carbons (Fsp3) is 0.357. The Morgan fingerprint density at radius 2 is 2.18 bits per heavy atom. The van der Waals surface area contributed by atoms with Crippen LogP contribution in [0.1, 0.15) is 31.1 Å². The first kappa shape index (κ1) is 13.8. The predicted octanol–water partition coefficient (Wildman–Crippen LogP) is 3.96. The molecule has 0 unspecified atom stereocenters. The number of hydrogen-bond acceptors (Lipinski definition) is 3. The van der Waals surface area contributed by atoms with Gasteiger partial charge in [-0.2, -0.15) is 0 Å². The summed E-state index contributed by atoms with van der Waals surface area (Å²) in [6, 6.07) is 5.57. The molecule has 0 atom stereocenters. The molecule has 0 saturated carbocycles. The number of benzene rings is 1. The minimum absolute atomic E-state index is 0.610. The molecule has 0 aromatic heterocycles. The molecular formula is C14H18O2S. The van der Waals surface area contributed by atoms with Crippen LogP contribution in [0.5, 0.6) is 5.75 Å². The van der Waals surface area contributed by atoms with Crippen LogP contribution in [-0.4, -0.2) is 18.6 Å². The van der Waals surface area contributed by atoms with E-state index in [1.54, 1.807) is 11.8 Å². The molecule has 0 amide bonds. The van der Waals surface area contributed by atoms with Crippen LogP contribution >= 0.6 is 11.8 Å². The number of carbonyl (C=O) groups is 1. The molecule has 1 rings (SSSR count). The van der Waals surface area contributed by atoms with Gasteiger partial charge in [-0.1, -0.05) is 23.8 Å². The van der Waals surface area contributed by atoms with Crippen molar-refractivity contribution in [3.05, 3.63) is 35.4 Å². The highest BCUT2D eigenvalue weighted by Gasteiger charge is 2.08. The summed E-state index contributed by atoms with van der Waals surface area (Å²) >= 11 is 1.63. The fourth-order valence-corrected chi connectivity index (χ4v) is 2.48. The van der Waals surface area contributed by atoms with Gasteiger partial charge in [-0.25, -0.2) is 0 Å². The summed E-state index contributed by atoms with van der Waals surface area (Å²) in [5.41, 5.74) is 1.97. The largest absolute Gasteiger partial charge is 0.493 e. The quantitative estimate of drug-likeness (QED) is 0.434. The molecule has 0 spiro atoms. The van der Waals surface area contributed by atoms with Crippen LogP contribution in [0.4, 0.5) is 0 Å². The second kappa shape index (κ2) is 7.17. The molecule has 0 saturated heterocycles. The molecule has 0 aliphatic rings. The van der Waals surface area contributed by atoms with Crippen molar-refractivity contribution in [1.82, 2.24) is 0 Å². The Labute approximate surface area is 107 Å². The molecule has 17 heavy (non-hydrogen) atoms. The van der Waals surface area contributed by atoms with Gasteiger partial charge in [-0.15, -0.1) is 11.8 Å². The standard InChI is InChI=1S/C14H18O2S/c1-4-16-13-7-5-6-12(10-15)14(13)17-9-8-11(2)3/h5-8,10H,4,9H2,1-3H3. The van der Waals surface area contributed by atoms with Gasteiger partial charge in [0, 0.05) is 11.3 Å². The zero-order chi connectivity index (χ0) is 12.7. The number of ether oxygens (including phenoxy) is 1. The molecule has 0 aliphatic heterocycles. The third kappa shape index (κ3) is 4.27. The molecular weight excluding hydrogens is 232 g/mol. The lowest BCUT2D eigenvalue weighted by molar-refractivity contribution is 0.112. The van der Waals surface area contributed by atoms with Crippen LogP contribution < -0.4 is 4.74 Å². The molecule has 0 fully saturated rings. The summed E-state index contributed by atoms with van der Waals surface area (Å²) in [4.78, 5) is 11.9. The zero-order valence-corrected chi connectivity index (χ0v) is 11.3. The lowest BCUT2D eigenvalue weighted by atomic mass is 10.2. The Balaban J connectivity index is 2.92. The van der Waals surface area contributed by atoms with E-state index in [1.165, 1.54) is 5.57 Å². The average molecular weight is 250 g/mol. The molecule has 1 aromatic rings. The van der Waals surface area contributed by atoms with Crippen molar-refractivity contribution >= 4 is 18.0 Å². The molecule has 0 aliphatic carbocycles. The summed E-state index contributed by atoms with van der Waals surface area (Å²) < 4.78 is 5.54. The van der Waals surface area contributed by atoms with E-state index in [4.69, 9.17) is 4.74 Å². The molecule has 3 heteroatoms. The number of allylic oxidation sites excluding steroid dienone is 1. The van der Waals surface area contributed by atoms with E-state index in [0.29, 0.717) is 12.2 Å². The van der Waals surface area contributed by atoms with Gasteiger partial charge >= 0.3 is 0 Å². The number of carbonyl (C=O) groups excluding carboxylic acids is 1. The monoisotopic (exact) mass is 250 g/mol. The van der Waals surface area contributed by atoms with E-state index in [2.05, 4.69) is 19.9 Å².